The van der Waals surface area contributed by atoms with Crippen molar-refractivity contribution in [2.75, 3.05) is 0 Å². The highest BCUT2D eigenvalue weighted by molar-refractivity contribution is 7.25. The van der Waals surface area contributed by atoms with E-state index in [9.17, 15) is 0 Å². The summed E-state index contributed by atoms with van der Waals surface area (Å²) in [6.45, 7) is 7.66. The average Bonchev–Trinajstić information content (AvgIpc) is 3.85. The summed E-state index contributed by atoms with van der Waals surface area (Å²) in [6.07, 6.45) is 0. The molecule has 0 amide bonds. The molecule has 8 aromatic carbocycles. The number of thiophene rings is 1. The van der Waals surface area contributed by atoms with Gasteiger partial charge in [0.25, 0.3) is 0 Å². The molecule has 0 spiro atoms. The maximum Gasteiger partial charge on any atom is 0.187 e. The van der Waals surface area contributed by atoms with Gasteiger partial charge in [-0.05, 0) is 64.7 Å². The lowest BCUT2D eigenvalue weighted by Crippen LogP contribution is -2.04. The normalized spacial score (nSPS) is 11.4. The van der Waals surface area contributed by atoms with E-state index in [1.807, 2.05) is 90.2 Å². The number of para-hydroxylation sites is 1. The lowest BCUT2D eigenvalue weighted by atomic mass is 9.96. The fraction of sp³-hybridized carbons (Fsp3) is 0. The van der Waals surface area contributed by atoms with Crippen LogP contribution in [0.1, 0.15) is 0 Å². The molecule has 0 unspecified atom stereocenters. The molecule has 11 aromatic rings. The molecule has 0 bridgehead atoms. The highest BCUT2D eigenvalue weighted by atomic mass is 32.1. The van der Waals surface area contributed by atoms with E-state index in [-0.39, 0.29) is 0 Å². The first-order valence-corrected chi connectivity index (χ1v) is 20.0. The molecule has 0 aliphatic heterocycles. The molecule has 0 aliphatic rings. The summed E-state index contributed by atoms with van der Waals surface area (Å²) >= 11 is 1.82. The first-order valence-electron chi connectivity index (χ1n) is 19.1. The maximum atomic E-state index is 7.66. The molecule has 0 radical (unpaired) electrons. The second kappa shape index (κ2) is 13.8. The van der Waals surface area contributed by atoms with Crippen LogP contribution in [0.5, 0.6) is 0 Å². The molecule has 0 saturated heterocycles. The summed E-state index contributed by atoms with van der Waals surface area (Å²) in [4.78, 5) is 19.3. The minimum absolute atomic E-state index is 0.582. The van der Waals surface area contributed by atoms with Gasteiger partial charge in [-0.25, -0.2) is 19.8 Å². The van der Waals surface area contributed by atoms with E-state index in [1.54, 1.807) is 0 Å². The molecule has 0 saturated carbocycles. The first kappa shape index (κ1) is 33.6. The van der Waals surface area contributed by atoms with E-state index in [0.717, 1.165) is 66.4 Å². The summed E-state index contributed by atoms with van der Waals surface area (Å²) in [6, 6.07) is 65.2. The lowest BCUT2D eigenvalue weighted by Gasteiger charge is -2.17. The Morgan fingerprint density at radius 2 is 1.02 bits per heavy atom. The summed E-state index contributed by atoms with van der Waals surface area (Å²) in [7, 11) is 0. The molecule has 11 rings (SSSR count). The minimum Gasteiger partial charge on any atom is -0.308 e. The van der Waals surface area contributed by atoms with Gasteiger partial charge in [-0.1, -0.05) is 146 Å². The van der Waals surface area contributed by atoms with Crippen LogP contribution < -0.4 is 0 Å². The molecular formula is C52H31N5S. The van der Waals surface area contributed by atoms with Crippen LogP contribution in [0.3, 0.4) is 0 Å². The summed E-state index contributed by atoms with van der Waals surface area (Å²) in [5.41, 5.74) is 10.7. The van der Waals surface area contributed by atoms with Crippen molar-refractivity contribution in [1.29, 1.82) is 0 Å². The van der Waals surface area contributed by atoms with E-state index < -0.39 is 0 Å². The summed E-state index contributed by atoms with van der Waals surface area (Å²) in [5, 5.41) is 4.78. The topological polar surface area (TPSA) is 48.0 Å². The van der Waals surface area contributed by atoms with E-state index in [4.69, 9.17) is 21.5 Å². The van der Waals surface area contributed by atoms with Crippen molar-refractivity contribution >= 4 is 59.0 Å². The highest BCUT2D eigenvalue weighted by Crippen LogP contribution is 2.43. The van der Waals surface area contributed by atoms with Crippen LogP contribution in [0.4, 0.5) is 5.69 Å². The van der Waals surface area contributed by atoms with Crippen molar-refractivity contribution in [3.8, 4) is 62.1 Å². The zero-order valence-corrected chi connectivity index (χ0v) is 31.9. The number of hydrogen-bond acceptors (Lipinski definition) is 4. The van der Waals surface area contributed by atoms with Gasteiger partial charge < -0.3 is 4.57 Å². The van der Waals surface area contributed by atoms with E-state index in [0.29, 0.717) is 23.2 Å². The number of hydrogen-bond donors (Lipinski definition) is 0. The Balaban J connectivity index is 1.23. The largest absolute Gasteiger partial charge is 0.308 e. The summed E-state index contributed by atoms with van der Waals surface area (Å²) in [5.74, 6) is 1.80. The standard InChI is InChI=1S/C52H31N5S/c1-53-38-19-12-18-35(30-38)36-26-28-41-40-20-8-10-23-44(40)57(46(41)32-36)45-29-27-37(39-22-13-25-48-49(39)42-21-9-11-24-47(42)58-48)31-43(45)52-55-50(33-14-4-2-5-15-33)54-51(56-52)34-16-6-3-7-17-34/h2-32H. The van der Waals surface area contributed by atoms with Gasteiger partial charge in [0, 0.05) is 47.6 Å². The lowest BCUT2D eigenvalue weighted by molar-refractivity contribution is 1.06. The molecule has 0 N–H and O–H groups in total. The highest BCUT2D eigenvalue weighted by Gasteiger charge is 2.22. The number of fused-ring (bicyclic) bond motifs is 6. The van der Waals surface area contributed by atoms with Gasteiger partial charge in [0.2, 0.25) is 0 Å². The van der Waals surface area contributed by atoms with Crippen molar-refractivity contribution in [2.45, 2.75) is 0 Å². The van der Waals surface area contributed by atoms with Crippen LogP contribution in [0, 0.1) is 6.57 Å². The first-order chi connectivity index (χ1) is 28.7. The third-order valence-electron chi connectivity index (χ3n) is 10.9. The molecule has 6 heteroatoms. The third-order valence-corrected chi connectivity index (χ3v) is 12.0. The van der Waals surface area contributed by atoms with Gasteiger partial charge in [0.1, 0.15) is 0 Å². The number of rotatable bonds is 6. The Bertz CT molecular complexity index is 3360. The van der Waals surface area contributed by atoms with Crippen LogP contribution in [-0.4, -0.2) is 19.5 Å². The van der Waals surface area contributed by atoms with Gasteiger partial charge in [0.15, 0.2) is 23.2 Å². The van der Waals surface area contributed by atoms with Gasteiger partial charge in [-0.15, -0.1) is 11.3 Å². The average molecular weight is 758 g/mol. The van der Waals surface area contributed by atoms with Crippen LogP contribution in [0.15, 0.2) is 188 Å². The predicted octanol–water partition coefficient (Wildman–Crippen LogP) is 14.2. The van der Waals surface area contributed by atoms with Gasteiger partial charge >= 0.3 is 0 Å². The van der Waals surface area contributed by atoms with Crippen LogP contribution >= 0.6 is 11.3 Å². The Labute approximate surface area is 338 Å². The maximum absolute atomic E-state index is 7.66. The summed E-state index contributed by atoms with van der Waals surface area (Å²) < 4.78 is 4.86. The Morgan fingerprint density at radius 3 is 1.79 bits per heavy atom. The Morgan fingerprint density at radius 1 is 0.414 bits per heavy atom. The second-order valence-electron chi connectivity index (χ2n) is 14.3. The van der Waals surface area contributed by atoms with E-state index in [2.05, 4.69) is 119 Å². The fourth-order valence-electron chi connectivity index (χ4n) is 8.19. The monoisotopic (exact) mass is 757 g/mol. The predicted molar refractivity (Wildman–Crippen MR) is 240 cm³/mol. The number of aromatic nitrogens is 4. The van der Waals surface area contributed by atoms with Crippen molar-refractivity contribution in [2.24, 2.45) is 0 Å². The molecule has 0 fully saturated rings. The molecule has 3 aromatic heterocycles. The van der Waals surface area contributed by atoms with Crippen LogP contribution in [-0.2, 0) is 0 Å². The Hall–Kier alpha value is -7.72. The number of benzene rings is 8. The van der Waals surface area contributed by atoms with E-state index in [1.165, 1.54) is 20.2 Å². The molecule has 270 valence electrons. The van der Waals surface area contributed by atoms with Crippen molar-refractivity contribution in [1.82, 2.24) is 19.5 Å². The zero-order chi connectivity index (χ0) is 38.6. The smallest absolute Gasteiger partial charge is 0.187 e. The van der Waals surface area contributed by atoms with Gasteiger partial charge in [-0.2, -0.15) is 0 Å². The van der Waals surface area contributed by atoms with Gasteiger partial charge in [0.05, 0.1) is 23.3 Å². The second-order valence-corrected chi connectivity index (χ2v) is 15.4. The minimum atomic E-state index is 0.582. The fourth-order valence-corrected chi connectivity index (χ4v) is 9.32. The third kappa shape index (κ3) is 5.64. The molecule has 0 atom stereocenters. The molecule has 5 nitrogen and oxygen atoms in total. The Kier molecular flexibility index (Phi) is 7.99. The molecule has 3 heterocycles. The SMILES string of the molecule is [C-]#[N+]c1cccc(-c2ccc3c4ccccc4n(-c4ccc(-c5cccc6sc7ccccc7c56)cc4-c4nc(-c5ccccc5)nc(-c5ccccc5)n4)c3c2)c1. The van der Waals surface area contributed by atoms with Crippen LogP contribution in [0.2, 0.25) is 0 Å². The quantitative estimate of drug-likeness (QED) is 0.159. The van der Waals surface area contributed by atoms with Crippen molar-refractivity contribution in [3.63, 3.8) is 0 Å². The number of nitrogens with zero attached hydrogens (tertiary/aromatic N) is 5. The van der Waals surface area contributed by atoms with Crippen molar-refractivity contribution < 1.29 is 0 Å². The van der Waals surface area contributed by atoms with Crippen LogP contribution in [0.25, 0.3) is 109 Å². The molecular weight excluding hydrogens is 727 g/mol. The van der Waals surface area contributed by atoms with Crippen molar-refractivity contribution in [3.05, 3.63) is 199 Å². The molecule has 58 heavy (non-hydrogen) atoms. The molecule has 0 aliphatic carbocycles. The van der Waals surface area contributed by atoms with E-state index >= 15 is 0 Å². The van der Waals surface area contributed by atoms with Gasteiger partial charge in [-0.3, -0.25) is 0 Å². The zero-order valence-electron chi connectivity index (χ0n) is 31.0.